The van der Waals surface area contributed by atoms with Crippen molar-refractivity contribution >= 4 is 11.4 Å². The molecule has 1 N–H and O–H groups in total. The van der Waals surface area contributed by atoms with Gasteiger partial charge in [-0.2, -0.15) is 5.10 Å². The minimum Gasteiger partial charge on any atom is -0.508 e. The Hall–Kier alpha value is -3.27. The highest BCUT2D eigenvalue weighted by Gasteiger charge is 2.29. The van der Waals surface area contributed by atoms with Crippen LogP contribution in [0.3, 0.4) is 0 Å². The van der Waals surface area contributed by atoms with E-state index in [0.717, 1.165) is 34.7 Å². The maximum atomic E-state index is 9.61. The van der Waals surface area contributed by atoms with E-state index < -0.39 is 0 Å². The van der Waals surface area contributed by atoms with Crippen molar-refractivity contribution in [2.75, 3.05) is 12.1 Å². The Morgan fingerprint density at radius 2 is 1.62 bits per heavy atom. The van der Waals surface area contributed by atoms with Crippen molar-refractivity contribution in [3.8, 4) is 11.5 Å². The van der Waals surface area contributed by atoms with Crippen LogP contribution in [-0.4, -0.2) is 17.9 Å². The van der Waals surface area contributed by atoms with Gasteiger partial charge in [0.25, 0.3) is 0 Å². The maximum Gasteiger partial charge on any atom is 0.119 e. The molecule has 0 amide bonds. The lowest BCUT2D eigenvalue weighted by molar-refractivity contribution is 0.415. The highest BCUT2D eigenvalue weighted by molar-refractivity contribution is 6.03. The van der Waals surface area contributed by atoms with Crippen molar-refractivity contribution in [2.45, 2.75) is 12.5 Å². The van der Waals surface area contributed by atoms with E-state index in [1.165, 1.54) is 0 Å². The summed E-state index contributed by atoms with van der Waals surface area (Å²) in [5.74, 6) is 1.09. The van der Waals surface area contributed by atoms with Gasteiger partial charge in [-0.1, -0.05) is 42.5 Å². The van der Waals surface area contributed by atoms with E-state index >= 15 is 0 Å². The Morgan fingerprint density at radius 1 is 0.923 bits per heavy atom. The van der Waals surface area contributed by atoms with E-state index in [-0.39, 0.29) is 11.8 Å². The van der Waals surface area contributed by atoms with Gasteiger partial charge in [0.05, 0.1) is 24.6 Å². The van der Waals surface area contributed by atoms with Crippen LogP contribution in [0.15, 0.2) is 84.0 Å². The average Bonchev–Trinajstić information content (AvgIpc) is 3.15. The van der Waals surface area contributed by atoms with Crippen LogP contribution in [0, 0.1) is 0 Å². The number of benzene rings is 3. The van der Waals surface area contributed by atoms with Gasteiger partial charge in [0.15, 0.2) is 0 Å². The summed E-state index contributed by atoms with van der Waals surface area (Å²) >= 11 is 0. The smallest absolute Gasteiger partial charge is 0.119 e. The van der Waals surface area contributed by atoms with Crippen LogP contribution in [-0.2, 0) is 0 Å². The van der Waals surface area contributed by atoms with Crippen LogP contribution in [0.4, 0.5) is 5.69 Å². The summed E-state index contributed by atoms with van der Waals surface area (Å²) < 4.78 is 5.26. The Balaban J connectivity index is 1.73. The zero-order valence-corrected chi connectivity index (χ0v) is 14.5. The number of hydrogen-bond donors (Lipinski definition) is 1. The number of hydrogen-bond acceptors (Lipinski definition) is 4. The number of hydrazone groups is 1. The van der Waals surface area contributed by atoms with Gasteiger partial charge in [0.2, 0.25) is 0 Å². The second kappa shape index (κ2) is 6.92. The summed E-state index contributed by atoms with van der Waals surface area (Å²) in [5.41, 5.74) is 4.31. The summed E-state index contributed by atoms with van der Waals surface area (Å²) in [6, 6.07) is 25.6. The van der Waals surface area contributed by atoms with Crippen molar-refractivity contribution in [3.05, 3.63) is 90.0 Å². The SMILES string of the molecule is COc1ccc(N2N=C(c3ccccc3)CC2c2ccc(O)cc2)cc1. The maximum absolute atomic E-state index is 9.61. The molecule has 1 aliphatic heterocycles. The minimum absolute atomic E-state index is 0.0826. The fourth-order valence-electron chi connectivity index (χ4n) is 3.24. The molecule has 0 radical (unpaired) electrons. The van der Waals surface area contributed by atoms with Crippen molar-refractivity contribution in [1.82, 2.24) is 0 Å². The monoisotopic (exact) mass is 344 g/mol. The summed E-state index contributed by atoms with van der Waals surface area (Å²) in [6.45, 7) is 0. The van der Waals surface area contributed by atoms with Crippen LogP contribution in [0.1, 0.15) is 23.6 Å². The Bertz CT molecular complexity index is 903. The summed E-state index contributed by atoms with van der Waals surface area (Å²) in [6.07, 6.45) is 0.806. The zero-order valence-electron chi connectivity index (χ0n) is 14.5. The van der Waals surface area contributed by atoms with E-state index in [2.05, 4.69) is 12.1 Å². The lowest BCUT2D eigenvalue weighted by Crippen LogP contribution is -2.18. The van der Waals surface area contributed by atoms with Crippen LogP contribution in [0.25, 0.3) is 0 Å². The van der Waals surface area contributed by atoms with Crippen LogP contribution in [0.5, 0.6) is 11.5 Å². The van der Waals surface area contributed by atoms with Crippen molar-refractivity contribution in [3.63, 3.8) is 0 Å². The predicted octanol–water partition coefficient (Wildman–Crippen LogP) is 4.76. The first kappa shape index (κ1) is 16.2. The van der Waals surface area contributed by atoms with Gasteiger partial charge in [-0.15, -0.1) is 0 Å². The molecule has 0 saturated heterocycles. The second-order valence-electron chi connectivity index (χ2n) is 6.27. The van der Waals surface area contributed by atoms with Crippen LogP contribution >= 0.6 is 0 Å². The number of methoxy groups -OCH3 is 1. The molecule has 4 rings (SSSR count). The molecule has 0 aromatic heterocycles. The highest BCUT2D eigenvalue weighted by atomic mass is 16.5. The number of anilines is 1. The molecule has 0 fully saturated rings. The third-order valence-electron chi connectivity index (χ3n) is 4.63. The quantitative estimate of drug-likeness (QED) is 0.742. The van der Waals surface area contributed by atoms with Gasteiger partial charge in [0.1, 0.15) is 11.5 Å². The van der Waals surface area contributed by atoms with E-state index in [9.17, 15) is 5.11 Å². The van der Waals surface area contributed by atoms with Crippen LogP contribution < -0.4 is 9.75 Å². The molecule has 0 spiro atoms. The van der Waals surface area contributed by atoms with Crippen molar-refractivity contribution in [1.29, 1.82) is 0 Å². The van der Waals surface area contributed by atoms with Gasteiger partial charge in [-0.05, 0) is 47.5 Å². The van der Waals surface area contributed by atoms with Crippen molar-refractivity contribution in [2.24, 2.45) is 5.10 Å². The normalized spacial score (nSPS) is 16.4. The Labute approximate surface area is 153 Å². The van der Waals surface area contributed by atoms with Gasteiger partial charge in [-0.3, -0.25) is 5.01 Å². The largest absolute Gasteiger partial charge is 0.508 e. The molecule has 1 unspecified atom stereocenters. The molecule has 4 heteroatoms. The van der Waals surface area contributed by atoms with E-state index in [4.69, 9.17) is 9.84 Å². The molecule has 0 bridgehead atoms. The molecule has 0 saturated carbocycles. The molecule has 3 aromatic carbocycles. The summed E-state index contributed by atoms with van der Waals surface area (Å²) in [4.78, 5) is 0. The molecule has 130 valence electrons. The Kier molecular flexibility index (Phi) is 4.32. The lowest BCUT2D eigenvalue weighted by Gasteiger charge is -2.24. The predicted molar refractivity (Wildman–Crippen MR) is 104 cm³/mol. The third-order valence-corrected chi connectivity index (χ3v) is 4.63. The molecule has 1 heterocycles. The first-order valence-corrected chi connectivity index (χ1v) is 8.60. The molecular formula is C22H20N2O2. The third kappa shape index (κ3) is 3.14. The first-order chi connectivity index (χ1) is 12.7. The second-order valence-corrected chi connectivity index (χ2v) is 6.27. The Morgan fingerprint density at radius 3 is 2.27 bits per heavy atom. The van der Waals surface area contributed by atoms with Crippen molar-refractivity contribution < 1.29 is 9.84 Å². The molecule has 0 aliphatic carbocycles. The highest BCUT2D eigenvalue weighted by Crippen LogP contribution is 2.37. The van der Waals surface area contributed by atoms with Gasteiger partial charge < -0.3 is 9.84 Å². The molecular weight excluding hydrogens is 324 g/mol. The fraction of sp³-hybridized carbons (Fsp3) is 0.136. The summed E-state index contributed by atoms with van der Waals surface area (Å²) in [5, 5.41) is 16.6. The molecule has 26 heavy (non-hydrogen) atoms. The molecule has 1 atom stereocenters. The summed E-state index contributed by atoms with van der Waals surface area (Å²) in [7, 11) is 1.66. The van der Waals surface area contributed by atoms with Gasteiger partial charge in [-0.25, -0.2) is 0 Å². The van der Waals surface area contributed by atoms with E-state index in [1.54, 1.807) is 19.2 Å². The molecule has 4 nitrogen and oxygen atoms in total. The number of aromatic hydroxyl groups is 1. The van der Waals surface area contributed by atoms with Crippen LogP contribution in [0.2, 0.25) is 0 Å². The van der Waals surface area contributed by atoms with E-state index in [1.807, 2.05) is 59.6 Å². The van der Waals surface area contributed by atoms with Gasteiger partial charge >= 0.3 is 0 Å². The number of rotatable bonds is 4. The number of nitrogens with zero attached hydrogens (tertiary/aromatic N) is 2. The standard InChI is InChI=1S/C22H20N2O2/c1-26-20-13-9-18(10-14-20)24-22(17-7-11-19(25)12-8-17)15-21(23-24)16-5-3-2-4-6-16/h2-14,22,25H,15H2,1H3. The zero-order chi connectivity index (χ0) is 17.9. The fourth-order valence-corrected chi connectivity index (χ4v) is 3.24. The number of phenols is 1. The van der Waals surface area contributed by atoms with Gasteiger partial charge in [0, 0.05) is 6.42 Å². The molecule has 1 aliphatic rings. The minimum atomic E-state index is 0.0826. The topological polar surface area (TPSA) is 45.1 Å². The number of phenolic OH excluding ortho intramolecular Hbond substituents is 1. The first-order valence-electron chi connectivity index (χ1n) is 8.60. The van der Waals surface area contributed by atoms with E-state index in [0.29, 0.717) is 0 Å². The lowest BCUT2D eigenvalue weighted by atomic mass is 9.98. The molecule has 3 aromatic rings. The number of ether oxygens (including phenoxy) is 1. The average molecular weight is 344 g/mol.